The van der Waals surface area contributed by atoms with Gasteiger partial charge in [-0.3, -0.25) is 0 Å². The Balaban J connectivity index is 1.97. The molecule has 2 aromatic rings. The van der Waals surface area contributed by atoms with Gasteiger partial charge >= 0.3 is 6.03 Å². The van der Waals surface area contributed by atoms with Crippen LogP contribution in [-0.4, -0.2) is 6.03 Å². The fourth-order valence-corrected chi connectivity index (χ4v) is 1.97. The fraction of sp³-hybridized carbons (Fsp3) is 0.235. The third-order valence-electron chi connectivity index (χ3n) is 3.35. The van der Waals surface area contributed by atoms with Crippen LogP contribution in [0.1, 0.15) is 29.7 Å². The molecule has 2 amide bonds. The van der Waals surface area contributed by atoms with E-state index in [0.29, 0.717) is 11.3 Å². The number of carbonyl (C=O) groups excluding carboxylic acids is 1. The summed E-state index contributed by atoms with van der Waals surface area (Å²) in [7, 11) is 0. The number of amides is 2. The van der Waals surface area contributed by atoms with Crippen LogP contribution in [-0.2, 0) is 0 Å². The van der Waals surface area contributed by atoms with Gasteiger partial charge in [-0.05, 0) is 44.0 Å². The van der Waals surface area contributed by atoms with Gasteiger partial charge in [-0.15, -0.1) is 0 Å². The number of urea groups is 1. The maximum atomic E-state index is 13.4. The highest BCUT2D eigenvalue weighted by Gasteiger charge is 2.10. The first-order valence-electron chi connectivity index (χ1n) is 6.86. The van der Waals surface area contributed by atoms with Gasteiger partial charge in [0.2, 0.25) is 0 Å². The summed E-state index contributed by atoms with van der Waals surface area (Å²) in [6, 6.07) is 12.1. The molecule has 0 aliphatic heterocycles. The predicted molar refractivity (Wildman–Crippen MR) is 82.9 cm³/mol. The van der Waals surface area contributed by atoms with Crippen molar-refractivity contribution in [3.8, 4) is 0 Å². The van der Waals surface area contributed by atoms with Crippen LogP contribution in [0, 0.1) is 19.7 Å². The van der Waals surface area contributed by atoms with Crippen molar-refractivity contribution >= 4 is 11.7 Å². The lowest BCUT2D eigenvalue weighted by molar-refractivity contribution is 0.249. The van der Waals surface area contributed by atoms with Crippen molar-refractivity contribution in [2.45, 2.75) is 26.8 Å². The van der Waals surface area contributed by atoms with E-state index in [1.54, 1.807) is 19.1 Å². The molecule has 0 saturated heterocycles. The molecule has 0 saturated carbocycles. The second-order valence-corrected chi connectivity index (χ2v) is 5.19. The number of rotatable bonds is 3. The van der Waals surface area contributed by atoms with E-state index in [2.05, 4.69) is 10.6 Å². The standard InChI is InChI=1S/C17H19FN2O/c1-11-4-7-14(8-5-11)13(3)19-17(21)20-15-9-6-12(2)16(18)10-15/h4-10,13H,1-3H3,(H2,19,20,21)/t13-/m0/s1. The third kappa shape index (κ3) is 4.05. The van der Waals surface area contributed by atoms with Gasteiger partial charge in [-0.2, -0.15) is 0 Å². The van der Waals surface area contributed by atoms with Crippen LogP contribution >= 0.6 is 0 Å². The molecule has 0 aliphatic carbocycles. The minimum Gasteiger partial charge on any atom is -0.331 e. The van der Waals surface area contributed by atoms with Crippen LogP contribution in [0.2, 0.25) is 0 Å². The molecule has 2 aromatic carbocycles. The third-order valence-corrected chi connectivity index (χ3v) is 3.35. The first-order valence-corrected chi connectivity index (χ1v) is 6.86. The van der Waals surface area contributed by atoms with Crippen LogP contribution in [0.3, 0.4) is 0 Å². The highest BCUT2D eigenvalue weighted by molar-refractivity contribution is 5.89. The SMILES string of the molecule is Cc1ccc([C@H](C)NC(=O)Nc2ccc(C)c(F)c2)cc1. The fourth-order valence-electron chi connectivity index (χ4n) is 1.97. The van der Waals surface area contributed by atoms with Crippen molar-refractivity contribution in [3.63, 3.8) is 0 Å². The van der Waals surface area contributed by atoms with E-state index in [0.717, 1.165) is 5.56 Å². The quantitative estimate of drug-likeness (QED) is 0.866. The molecule has 2 N–H and O–H groups in total. The van der Waals surface area contributed by atoms with Crippen molar-refractivity contribution < 1.29 is 9.18 Å². The lowest BCUT2D eigenvalue weighted by Gasteiger charge is -2.15. The van der Waals surface area contributed by atoms with Gasteiger partial charge < -0.3 is 10.6 Å². The molecule has 110 valence electrons. The Hall–Kier alpha value is -2.36. The predicted octanol–water partition coefficient (Wildman–Crippen LogP) is 4.33. The first kappa shape index (κ1) is 15.0. The summed E-state index contributed by atoms with van der Waals surface area (Å²) in [4.78, 5) is 11.9. The smallest absolute Gasteiger partial charge is 0.319 e. The number of benzene rings is 2. The molecule has 2 rings (SSSR count). The molecule has 0 heterocycles. The number of carbonyl (C=O) groups is 1. The summed E-state index contributed by atoms with van der Waals surface area (Å²) >= 11 is 0. The lowest BCUT2D eigenvalue weighted by Crippen LogP contribution is -2.31. The summed E-state index contributed by atoms with van der Waals surface area (Å²) in [5, 5.41) is 5.46. The summed E-state index contributed by atoms with van der Waals surface area (Å²) in [5.41, 5.74) is 3.18. The Labute approximate surface area is 124 Å². The highest BCUT2D eigenvalue weighted by atomic mass is 19.1. The normalized spacial score (nSPS) is 11.8. The van der Waals surface area contributed by atoms with Gasteiger partial charge in [0.05, 0.1) is 6.04 Å². The van der Waals surface area contributed by atoms with E-state index in [1.807, 2.05) is 38.1 Å². The van der Waals surface area contributed by atoms with Crippen molar-refractivity contribution in [1.82, 2.24) is 5.32 Å². The number of anilines is 1. The topological polar surface area (TPSA) is 41.1 Å². The molecule has 1 atom stereocenters. The maximum absolute atomic E-state index is 13.4. The molecule has 0 fully saturated rings. The number of nitrogens with one attached hydrogen (secondary N) is 2. The van der Waals surface area contributed by atoms with E-state index in [9.17, 15) is 9.18 Å². The minimum absolute atomic E-state index is 0.124. The number of hydrogen-bond acceptors (Lipinski definition) is 1. The molecule has 4 heteroatoms. The Morgan fingerprint density at radius 3 is 2.38 bits per heavy atom. The zero-order chi connectivity index (χ0) is 15.4. The molecule has 3 nitrogen and oxygen atoms in total. The monoisotopic (exact) mass is 286 g/mol. The molecule has 0 radical (unpaired) electrons. The van der Waals surface area contributed by atoms with Crippen LogP contribution in [0.4, 0.5) is 14.9 Å². The summed E-state index contributed by atoms with van der Waals surface area (Å²) in [5.74, 6) is -0.334. The van der Waals surface area contributed by atoms with E-state index in [1.165, 1.54) is 11.6 Å². The molecule has 0 aliphatic rings. The van der Waals surface area contributed by atoms with Crippen molar-refractivity contribution in [1.29, 1.82) is 0 Å². The number of hydrogen-bond donors (Lipinski definition) is 2. The Morgan fingerprint density at radius 2 is 1.76 bits per heavy atom. The molecule has 0 bridgehead atoms. The van der Waals surface area contributed by atoms with Crippen molar-refractivity contribution in [2.75, 3.05) is 5.32 Å². The average molecular weight is 286 g/mol. The van der Waals surface area contributed by atoms with Crippen LogP contribution in [0.15, 0.2) is 42.5 Å². The Bertz CT molecular complexity index is 638. The molecular weight excluding hydrogens is 267 g/mol. The summed E-state index contributed by atoms with van der Waals surface area (Å²) in [6.45, 7) is 5.60. The van der Waals surface area contributed by atoms with Gasteiger partial charge in [-0.25, -0.2) is 9.18 Å². The first-order chi connectivity index (χ1) is 9.95. The summed E-state index contributed by atoms with van der Waals surface area (Å²) in [6.07, 6.45) is 0. The lowest BCUT2D eigenvalue weighted by atomic mass is 10.1. The maximum Gasteiger partial charge on any atom is 0.319 e. The largest absolute Gasteiger partial charge is 0.331 e. The molecule has 0 spiro atoms. The second-order valence-electron chi connectivity index (χ2n) is 5.19. The Kier molecular flexibility index (Phi) is 4.58. The molecule has 0 aromatic heterocycles. The zero-order valence-corrected chi connectivity index (χ0v) is 12.4. The molecule has 21 heavy (non-hydrogen) atoms. The average Bonchev–Trinajstić information content (AvgIpc) is 2.43. The van der Waals surface area contributed by atoms with Crippen LogP contribution < -0.4 is 10.6 Å². The minimum atomic E-state index is -0.355. The van der Waals surface area contributed by atoms with Gasteiger partial charge in [-0.1, -0.05) is 35.9 Å². The van der Waals surface area contributed by atoms with E-state index < -0.39 is 0 Å². The van der Waals surface area contributed by atoms with Gasteiger partial charge in [0.15, 0.2) is 0 Å². The Morgan fingerprint density at radius 1 is 1.10 bits per heavy atom. The van der Waals surface area contributed by atoms with Crippen LogP contribution in [0.5, 0.6) is 0 Å². The van der Waals surface area contributed by atoms with Crippen molar-refractivity contribution in [3.05, 3.63) is 65.0 Å². The van der Waals surface area contributed by atoms with Crippen LogP contribution in [0.25, 0.3) is 0 Å². The van der Waals surface area contributed by atoms with E-state index in [-0.39, 0.29) is 17.9 Å². The number of halogens is 1. The zero-order valence-electron chi connectivity index (χ0n) is 12.4. The highest BCUT2D eigenvalue weighted by Crippen LogP contribution is 2.15. The molecule has 0 unspecified atom stereocenters. The van der Waals surface area contributed by atoms with Gasteiger partial charge in [0, 0.05) is 5.69 Å². The molecular formula is C17H19FN2O. The summed E-state index contributed by atoms with van der Waals surface area (Å²) < 4.78 is 13.4. The van der Waals surface area contributed by atoms with Gasteiger partial charge in [0.1, 0.15) is 5.82 Å². The van der Waals surface area contributed by atoms with Crippen molar-refractivity contribution in [2.24, 2.45) is 0 Å². The van der Waals surface area contributed by atoms with Gasteiger partial charge in [0.25, 0.3) is 0 Å². The number of aryl methyl sites for hydroxylation is 2. The van der Waals surface area contributed by atoms with E-state index in [4.69, 9.17) is 0 Å². The van der Waals surface area contributed by atoms with E-state index >= 15 is 0 Å². The second kappa shape index (κ2) is 6.39.